The van der Waals surface area contributed by atoms with Crippen molar-refractivity contribution in [3.63, 3.8) is 0 Å². The lowest BCUT2D eigenvalue weighted by Crippen LogP contribution is -2.47. The third-order valence-electron chi connectivity index (χ3n) is 3.84. The van der Waals surface area contributed by atoms with Crippen molar-refractivity contribution in [3.8, 4) is 0 Å². The minimum Gasteiger partial charge on any atom is -0.392 e. The quantitative estimate of drug-likeness (QED) is 0.658. The molecule has 1 fully saturated rings. The van der Waals surface area contributed by atoms with Crippen molar-refractivity contribution in [3.05, 3.63) is 35.1 Å². The van der Waals surface area contributed by atoms with Crippen LogP contribution in [-0.2, 0) is 13.2 Å². The second kappa shape index (κ2) is 8.39. The van der Waals surface area contributed by atoms with Gasteiger partial charge in [0.05, 0.1) is 6.61 Å². The molecule has 122 valence electrons. The molecule has 1 saturated heterocycles. The van der Waals surface area contributed by atoms with E-state index in [1.807, 2.05) is 11.8 Å². The number of guanidine groups is 1. The summed E-state index contributed by atoms with van der Waals surface area (Å²) in [5.74, 6) is 1.63. The number of benzene rings is 1. The molecule has 0 amide bonds. The highest BCUT2D eigenvalue weighted by atomic mass is 32.2. The number of thioether (sulfide) groups is 1. The van der Waals surface area contributed by atoms with Gasteiger partial charge in [-0.1, -0.05) is 13.0 Å². The van der Waals surface area contributed by atoms with Crippen LogP contribution in [0.5, 0.6) is 0 Å². The molecule has 1 heterocycles. The van der Waals surface area contributed by atoms with Crippen LogP contribution in [0.15, 0.2) is 23.2 Å². The van der Waals surface area contributed by atoms with Crippen molar-refractivity contribution >= 4 is 17.7 Å². The number of halogens is 1. The molecule has 1 aliphatic heterocycles. The molecular weight excluding hydrogens is 301 g/mol. The molecule has 1 aliphatic rings. The predicted octanol–water partition coefficient (Wildman–Crippen LogP) is 2.22. The van der Waals surface area contributed by atoms with Gasteiger partial charge >= 0.3 is 0 Å². The van der Waals surface area contributed by atoms with Crippen LogP contribution in [0.3, 0.4) is 0 Å². The van der Waals surface area contributed by atoms with Crippen molar-refractivity contribution < 1.29 is 9.50 Å². The van der Waals surface area contributed by atoms with Crippen LogP contribution < -0.4 is 5.32 Å². The topological polar surface area (TPSA) is 47.9 Å². The number of hydrogen-bond acceptors (Lipinski definition) is 3. The number of nitrogens with zero attached hydrogens (tertiary/aromatic N) is 2. The van der Waals surface area contributed by atoms with Gasteiger partial charge in [-0.05, 0) is 24.1 Å². The van der Waals surface area contributed by atoms with Gasteiger partial charge in [-0.2, -0.15) is 11.8 Å². The monoisotopic (exact) mass is 325 g/mol. The molecule has 0 spiro atoms. The molecule has 0 aromatic heterocycles. The Labute approximate surface area is 135 Å². The van der Waals surface area contributed by atoms with E-state index in [1.165, 1.54) is 6.07 Å². The first-order chi connectivity index (χ1) is 10.7. The second-order valence-corrected chi connectivity index (χ2v) is 6.74. The lowest BCUT2D eigenvalue weighted by Gasteiger charge is -2.34. The highest BCUT2D eigenvalue weighted by Crippen LogP contribution is 2.21. The lowest BCUT2D eigenvalue weighted by molar-refractivity contribution is 0.275. The van der Waals surface area contributed by atoms with E-state index in [1.54, 1.807) is 19.2 Å². The molecule has 22 heavy (non-hydrogen) atoms. The van der Waals surface area contributed by atoms with Crippen LogP contribution in [0.4, 0.5) is 4.39 Å². The van der Waals surface area contributed by atoms with E-state index in [2.05, 4.69) is 22.1 Å². The summed E-state index contributed by atoms with van der Waals surface area (Å²) in [4.78, 5) is 6.63. The van der Waals surface area contributed by atoms with Crippen molar-refractivity contribution in [1.29, 1.82) is 0 Å². The van der Waals surface area contributed by atoms with Crippen molar-refractivity contribution in [2.45, 2.75) is 31.7 Å². The first-order valence-corrected chi connectivity index (χ1v) is 8.68. The van der Waals surface area contributed by atoms with Crippen molar-refractivity contribution in [2.24, 2.45) is 4.99 Å². The zero-order chi connectivity index (χ0) is 15.9. The summed E-state index contributed by atoms with van der Waals surface area (Å²) >= 11 is 2.02. The summed E-state index contributed by atoms with van der Waals surface area (Å²) in [6.07, 6.45) is 1.16. The Morgan fingerprint density at radius 3 is 3.05 bits per heavy atom. The van der Waals surface area contributed by atoms with E-state index in [4.69, 9.17) is 5.11 Å². The zero-order valence-electron chi connectivity index (χ0n) is 13.2. The SMILES string of the molecule is CCC1CN(C(=NC)NCc2ccc(F)c(CO)c2)CCS1. The van der Waals surface area contributed by atoms with Crippen LogP contribution in [-0.4, -0.2) is 47.1 Å². The van der Waals surface area contributed by atoms with Crippen molar-refractivity contribution in [1.82, 2.24) is 10.2 Å². The van der Waals surface area contributed by atoms with Gasteiger partial charge in [0, 0.05) is 43.2 Å². The summed E-state index contributed by atoms with van der Waals surface area (Å²) in [6, 6.07) is 4.82. The Hall–Kier alpha value is -1.27. The molecule has 1 aromatic carbocycles. The fourth-order valence-corrected chi connectivity index (χ4v) is 3.71. The summed E-state index contributed by atoms with van der Waals surface area (Å²) in [5.41, 5.74) is 1.26. The maximum absolute atomic E-state index is 13.4. The molecule has 2 rings (SSSR count). The standard InChI is InChI=1S/C16H24FN3OS/c1-3-14-10-20(6-7-22-14)16(18-2)19-9-12-4-5-15(17)13(8-12)11-21/h4-5,8,14,21H,3,6-7,9-11H2,1-2H3,(H,18,19). The molecule has 0 radical (unpaired) electrons. The first kappa shape index (κ1) is 17.1. The third-order valence-corrected chi connectivity index (χ3v) is 5.21. The van der Waals surface area contributed by atoms with E-state index in [0.29, 0.717) is 17.4 Å². The van der Waals surface area contributed by atoms with E-state index in [-0.39, 0.29) is 12.4 Å². The van der Waals surface area contributed by atoms with Gasteiger partial charge in [0.25, 0.3) is 0 Å². The second-order valence-electron chi connectivity index (χ2n) is 5.33. The molecule has 0 bridgehead atoms. The van der Waals surface area contributed by atoms with Gasteiger partial charge in [0.2, 0.25) is 0 Å². The molecule has 4 nitrogen and oxygen atoms in total. The Bertz CT molecular complexity index is 524. The number of aliphatic hydroxyl groups excluding tert-OH is 1. The minimum atomic E-state index is -0.366. The lowest BCUT2D eigenvalue weighted by atomic mass is 10.1. The van der Waals surface area contributed by atoms with E-state index in [9.17, 15) is 4.39 Å². The number of aliphatic imine (C=N–C) groups is 1. The largest absolute Gasteiger partial charge is 0.392 e. The Morgan fingerprint density at radius 1 is 1.55 bits per heavy atom. The number of nitrogens with one attached hydrogen (secondary N) is 1. The number of rotatable bonds is 4. The van der Waals surface area contributed by atoms with Crippen LogP contribution in [0.25, 0.3) is 0 Å². The van der Waals surface area contributed by atoms with Gasteiger partial charge in [-0.25, -0.2) is 4.39 Å². The molecule has 1 atom stereocenters. The van der Waals surface area contributed by atoms with E-state index < -0.39 is 0 Å². The average Bonchev–Trinajstić information content (AvgIpc) is 2.57. The fourth-order valence-electron chi connectivity index (χ4n) is 2.53. The summed E-state index contributed by atoms with van der Waals surface area (Å²) in [6.45, 7) is 4.50. The third kappa shape index (κ3) is 4.36. The van der Waals surface area contributed by atoms with Crippen LogP contribution >= 0.6 is 11.8 Å². The summed E-state index contributed by atoms with van der Waals surface area (Å²) < 4.78 is 13.4. The normalized spacial score (nSPS) is 19.4. The first-order valence-electron chi connectivity index (χ1n) is 7.63. The highest BCUT2D eigenvalue weighted by Gasteiger charge is 2.21. The molecule has 1 unspecified atom stereocenters. The van der Waals surface area contributed by atoms with Gasteiger partial charge in [-0.3, -0.25) is 4.99 Å². The van der Waals surface area contributed by atoms with Crippen LogP contribution in [0.2, 0.25) is 0 Å². The number of aliphatic hydroxyl groups is 1. The number of hydrogen-bond donors (Lipinski definition) is 2. The predicted molar refractivity (Wildman–Crippen MR) is 90.6 cm³/mol. The molecule has 0 saturated carbocycles. The Kier molecular flexibility index (Phi) is 6.51. The van der Waals surface area contributed by atoms with Gasteiger partial charge < -0.3 is 15.3 Å². The van der Waals surface area contributed by atoms with Gasteiger partial charge in [0.1, 0.15) is 5.82 Å². The molecule has 0 aliphatic carbocycles. The Balaban J connectivity index is 1.96. The molecule has 2 N–H and O–H groups in total. The zero-order valence-corrected chi connectivity index (χ0v) is 14.0. The smallest absolute Gasteiger partial charge is 0.193 e. The Morgan fingerprint density at radius 2 is 2.36 bits per heavy atom. The van der Waals surface area contributed by atoms with Gasteiger partial charge in [0.15, 0.2) is 5.96 Å². The van der Waals surface area contributed by atoms with Crippen molar-refractivity contribution in [2.75, 3.05) is 25.9 Å². The maximum atomic E-state index is 13.4. The summed E-state index contributed by atoms with van der Waals surface area (Å²) in [5, 5.41) is 13.1. The maximum Gasteiger partial charge on any atom is 0.193 e. The molecule has 6 heteroatoms. The minimum absolute atomic E-state index is 0.282. The highest BCUT2D eigenvalue weighted by molar-refractivity contribution is 8.00. The van der Waals surface area contributed by atoms with E-state index >= 15 is 0 Å². The van der Waals surface area contributed by atoms with Crippen LogP contribution in [0.1, 0.15) is 24.5 Å². The van der Waals surface area contributed by atoms with E-state index in [0.717, 1.165) is 36.8 Å². The van der Waals surface area contributed by atoms with Gasteiger partial charge in [-0.15, -0.1) is 0 Å². The molecular formula is C16H24FN3OS. The fraction of sp³-hybridized carbons (Fsp3) is 0.562. The summed E-state index contributed by atoms with van der Waals surface area (Å²) in [7, 11) is 1.79. The average molecular weight is 325 g/mol. The van der Waals surface area contributed by atoms with Crippen LogP contribution in [0, 0.1) is 5.82 Å². The molecule has 1 aromatic rings.